The number of aryl methyl sites for hydroxylation is 3. The van der Waals surface area contributed by atoms with Crippen LogP contribution in [0.1, 0.15) is 43.0 Å². The van der Waals surface area contributed by atoms with E-state index in [2.05, 4.69) is 36.1 Å². The van der Waals surface area contributed by atoms with Gasteiger partial charge in [-0.3, -0.25) is 0 Å². The molecule has 3 heteroatoms. The minimum absolute atomic E-state index is 0.730. The maximum atomic E-state index is 4.59. The van der Waals surface area contributed by atoms with E-state index in [9.17, 15) is 0 Å². The summed E-state index contributed by atoms with van der Waals surface area (Å²) < 4.78 is 0. The van der Waals surface area contributed by atoms with E-state index in [0.717, 1.165) is 43.6 Å². The zero-order valence-electron chi connectivity index (χ0n) is 12.1. The van der Waals surface area contributed by atoms with Crippen LogP contribution in [0.15, 0.2) is 0 Å². The number of nitrogens with one attached hydrogen (secondary N) is 1. The van der Waals surface area contributed by atoms with Gasteiger partial charge >= 0.3 is 0 Å². The van der Waals surface area contributed by atoms with Gasteiger partial charge in [-0.25, -0.2) is 9.97 Å². The Labute approximate surface area is 110 Å². The molecular formula is C15H25N3. The van der Waals surface area contributed by atoms with Gasteiger partial charge < -0.3 is 5.32 Å². The number of aromatic nitrogens is 2. The smallest absolute Gasteiger partial charge is 0.125 e. The standard InChI is InChI=1S/C15H25N3/c1-10(2)8-16-9-13-5-6-15-14(7-13)11(3)17-12(4)18-15/h10,13,16H,5-9H2,1-4H3. The third kappa shape index (κ3) is 3.29. The average Bonchev–Trinajstić information content (AvgIpc) is 2.29. The summed E-state index contributed by atoms with van der Waals surface area (Å²) >= 11 is 0. The normalized spacial score (nSPS) is 19.1. The number of nitrogens with zero attached hydrogens (tertiary/aromatic N) is 2. The SMILES string of the molecule is Cc1nc(C)c2c(n1)CCC(CNCC(C)C)C2. The van der Waals surface area contributed by atoms with Crippen molar-refractivity contribution in [3.63, 3.8) is 0 Å². The second kappa shape index (κ2) is 5.79. The van der Waals surface area contributed by atoms with Crippen LogP contribution in [0.25, 0.3) is 0 Å². The lowest BCUT2D eigenvalue weighted by Gasteiger charge is -2.25. The lowest BCUT2D eigenvalue weighted by molar-refractivity contribution is 0.404. The molecule has 0 spiro atoms. The molecule has 0 aliphatic heterocycles. The lowest BCUT2D eigenvalue weighted by atomic mass is 9.85. The molecule has 0 radical (unpaired) electrons. The van der Waals surface area contributed by atoms with Crippen LogP contribution >= 0.6 is 0 Å². The summed E-state index contributed by atoms with van der Waals surface area (Å²) in [5, 5.41) is 3.58. The topological polar surface area (TPSA) is 37.8 Å². The molecule has 3 nitrogen and oxygen atoms in total. The first-order valence-electron chi connectivity index (χ1n) is 7.10. The predicted molar refractivity (Wildman–Crippen MR) is 74.7 cm³/mol. The Morgan fingerprint density at radius 3 is 2.78 bits per heavy atom. The summed E-state index contributed by atoms with van der Waals surface area (Å²) in [5.41, 5.74) is 3.88. The van der Waals surface area contributed by atoms with Crippen LogP contribution in [-0.4, -0.2) is 23.1 Å². The number of hydrogen-bond donors (Lipinski definition) is 1. The molecule has 1 aromatic heterocycles. The van der Waals surface area contributed by atoms with E-state index in [-0.39, 0.29) is 0 Å². The molecule has 1 aliphatic carbocycles. The molecular weight excluding hydrogens is 222 g/mol. The van der Waals surface area contributed by atoms with E-state index < -0.39 is 0 Å². The van der Waals surface area contributed by atoms with E-state index in [0.29, 0.717) is 0 Å². The van der Waals surface area contributed by atoms with Gasteiger partial charge in [-0.2, -0.15) is 0 Å². The summed E-state index contributed by atoms with van der Waals surface area (Å²) in [6.07, 6.45) is 3.52. The van der Waals surface area contributed by atoms with Gasteiger partial charge in [-0.05, 0) is 63.6 Å². The van der Waals surface area contributed by atoms with Gasteiger partial charge in [-0.1, -0.05) is 13.8 Å². The molecule has 0 fully saturated rings. The Balaban J connectivity index is 1.97. The highest BCUT2D eigenvalue weighted by Gasteiger charge is 2.21. The quantitative estimate of drug-likeness (QED) is 0.888. The van der Waals surface area contributed by atoms with E-state index in [1.165, 1.54) is 23.4 Å². The lowest BCUT2D eigenvalue weighted by Crippen LogP contribution is -2.30. The Bertz CT molecular complexity index is 412. The highest BCUT2D eigenvalue weighted by molar-refractivity contribution is 5.28. The molecule has 100 valence electrons. The van der Waals surface area contributed by atoms with Gasteiger partial charge in [0.1, 0.15) is 5.82 Å². The van der Waals surface area contributed by atoms with E-state index in [4.69, 9.17) is 0 Å². The fourth-order valence-electron chi connectivity index (χ4n) is 2.76. The van der Waals surface area contributed by atoms with Crippen molar-refractivity contribution in [3.05, 3.63) is 22.8 Å². The second-order valence-electron chi connectivity index (χ2n) is 5.94. The van der Waals surface area contributed by atoms with E-state index in [1.54, 1.807) is 0 Å². The van der Waals surface area contributed by atoms with E-state index in [1.807, 2.05) is 6.92 Å². The second-order valence-corrected chi connectivity index (χ2v) is 5.94. The monoisotopic (exact) mass is 247 g/mol. The van der Waals surface area contributed by atoms with Gasteiger partial charge in [0.15, 0.2) is 0 Å². The third-order valence-corrected chi connectivity index (χ3v) is 3.68. The minimum Gasteiger partial charge on any atom is -0.316 e. The van der Waals surface area contributed by atoms with Crippen LogP contribution in [0, 0.1) is 25.7 Å². The Morgan fingerprint density at radius 2 is 2.06 bits per heavy atom. The fourth-order valence-corrected chi connectivity index (χ4v) is 2.76. The summed E-state index contributed by atoms with van der Waals surface area (Å²) in [4.78, 5) is 9.08. The number of fused-ring (bicyclic) bond motifs is 1. The van der Waals surface area contributed by atoms with Gasteiger partial charge in [0.25, 0.3) is 0 Å². The maximum absolute atomic E-state index is 4.59. The fraction of sp³-hybridized carbons (Fsp3) is 0.733. The van der Waals surface area contributed by atoms with Crippen LogP contribution < -0.4 is 5.32 Å². The van der Waals surface area contributed by atoms with Crippen LogP contribution in [-0.2, 0) is 12.8 Å². The molecule has 1 heterocycles. The molecule has 0 aromatic carbocycles. The Kier molecular flexibility index (Phi) is 4.33. The molecule has 0 bridgehead atoms. The Morgan fingerprint density at radius 1 is 1.28 bits per heavy atom. The first-order chi connectivity index (χ1) is 8.56. The zero-order chi connectivity index (χ0) is 13.1. The molecule has 1 aliphatic rings. The zero-order valence-corrected chi connectivity index (χ0v) is 12.1. The van der Waals surface area contributed by atoms with Crippen molar-refractivity contribution in [1.29, 1.82) is 0 Å². The van der Waals surface area contributed by atoms with Crippen molar-refractivity contribution in [3.8, 4) is 0 Å². The molecule has 0 amide bonds. The van der Waals surface area contributed by atoms with Crippen molar-refractivity contribution in [1.82, 2.24) is 15.3 Å². The highest BCUT2D eigenvalue weighted by Crippen LogP contribution is 2.25. The third-order valence-electron chi connectivity index (χ3n) is 3.68. The van der Waals surface area contributed by atoms with Crippen molar-refractivity contribution < 1.29 is 0 Å². The van der Waals surface area contributed by atoms with Crippen molar-refractivity contribution in [2.75, 3.05) is 13.1 Å². The highest BCUT2D eigenvalue weighted by atomic mass is 14.9. The summed E-state index contributed by atoms with van der Waals surface area (Å²) in [6.45, 7) is 10.9. The van der Waals surface area contributed by atoms with Gasteiger partial charge in [0.05, 0.1) is 0 Å². The van der Waals surface area contributed by atoms with Crippen molar-refractivity contribution >= 4 is 0 Å². The Hall–Kier alpha value is -0.960. The molecule has 0 saturated carbocycles. The van der Waals surface area contributed by atoms with Gasteiger partial charge in [0, 0.05) is 11.4 Å². The van der Waals surface area contributed by atoms with Crippen molar-refractivity contribution in [2.45, 2.75) is 47.0 Å². The summed E-state index contributed by atoms with van der Waals surface area (Å²) in [6, 6.07) is 0. The minimum atomic E-state index is 0.730. The summed E-state index contributed by atoms with van der Waals surface area (Å²) in [5.74, 6) is 2.40. The molecule has 2 rings (SSSR count). The van der Waals surface area contributed by atoms with Gasteiger partial charge in [0.2, 0.25) is 0 Å². The summed E-state index contributed by atoms with van der Waals surface area (Å²) in [7, 11) is 0. The molecule has 18 heavy (non-hydrogen) atoms. The molecule has 0 saturated heterocycles. The van der Waals surface area contributed by atoms with Crippen LogP contribution in [0.5, 0.6) is 0 Å². The van der Waals surface area contributed by atoms with Crippen molar-refractivity contribution in [2.24, 2.45) is 11.8 Å². The predicted octanol–water partition coefficient (Wildman–Crippen LogP) is 2.44. The van der Waals surface area contributed by atoms with Crippen LogP contribution in [0.3, 0.4) is 0 Å². The average molecular weight is 247 g/mol. The molecule has 1 N–H and O–H groups in total. The number of rotatable bonds is 4. The maximum Gasteiger partial charge on any atom is 0.125 e. The molecule has 1 atom stereocenters. The number of hydrogen-bond acceptors (Lipinski definition) is 3. The van der Waals surface area contributed by atoms with Crippen LogP contribution in [0.2, 0.25) is 0 Å². The first kappa shape index (κ1) is 13.5. The molecule has 1 unspecified atom stereocenters. The first-order valence-corrected chi connectivity index (χ1v) is 7.10. The molecule has 1 aromatic rings. The van der Waals surface area contributed by atoms with Crippen LogP contribution in [0.4, 0.5) is 0 Å². The van der Waals surface area contributed by atoms with Gasteiger partial charge in [-0.15, -0.1) is 0 Å². The largest absolute Gasteiger partial charge is 0.316 e. The van der Waals surface area contributed by atoms with E-state index >= 15 is 0 Å².